The summed E-state index contributed by atoms with van der Waals surface area (Å²) in [5.74, 6) is 0.566. The topological polar surface area (TPSA) is 89.7 Å². The van der Waals surface area contributed by atoms with Crippen LogP contribution in [0.1, 0.15) is 6.42 Å². The summed E-state index contributed by atoms with van der Waals surface area (Å²) in [6.07, 6.45) is 5.02. The van der Waals surface area contributed by atoms with Crippen molar-refractivity contribution in [2.75, 3.05) is 0 Å². The Labute approximate surface area is 161 Å². The van der Waals surface area contributed by atoms with E-state index in [-0.39, 0.29) is 4.90 Å². The number of aliphatic imine (C=N–C) groups is 1. The first-order valence-electron chi connectivity index (χ1n) is 7.85. The molecule has 9 heteroatoms. The van der Waals surface area contributed by atoms with Gasteiger partial charge in [-0.05, 0) is 24.3 Å². The Bertz CT molecular complexity index is 986. The first-order chi connectivity index (χ1) is 13.1. The van der Waals surface area contributed by atoms with Crippen LogP contribution >= 0.6 is 12.2 Å². The van der Waals surface area contributed by atoms with Crippen LogP contribution in [-0.4, -0.2) is 26.6 Å². The van der Waals surface area contributed by atoms with E-state index >= 15 is 0 Å². The van der Waals surface area contributed by atoms with Crippen LogP contribution in [-0.2, 0) is 14.4 Å². The highest BCUT2D eigenvalue weighted by atomic mass is 32.2. The van der Waals surface area contributed by atoms with Crippen LogP contribution in [0.5, 0.6) is 5.75 Å². The van der Waals surface area contributed by atoms with Crippen molar-refractivity contribution < 1.29 is 17.6 Å². The van der Waals surface area contributed by atoms with Gasteiger partial charge in [0, 0.05) is 6.42 Å². The number of sulfonamides is 1. The molecule has 0 fully saturated rings. The Kier molecular flexibility index (Phi) is 6.53. The molecule has 7 nitrogen and oxygen atoms in total. The van der Waals surface area contributed by atoms with E-state index in [0.717, 1.165) is 12.2 Å². The molecular weight excluding hydrogens is 386 g/mol. The molecule has 138 valence electrons. The monoisotopic (exact) mass is 401 g/mol. The molecule has 27 heavy (non-hydrogen) atoms. The Balaban J connectivity index is 1.49. The van der Waals surface area contributed by atoms with Crippen LogP contribution in [0, 0.1) is 0 Å². The van der Waals surface area contributed by atoms with E-state index in [1.807, 2.05) is 18.2 Å². The van der Waals surface area contributed by atoms with Crippen LogP contribution < -0.4 is 4.89 Å². The normalized spacial score (nSPS) is 14.5. The van der Waals surface area contributed by atoms with Gasteiger partial charge in [0.2, 0.25) is 0 Å². The molecule has 1 heterocycles. The predicted octanol–water partition coefficient (Wildman–Crippen LogP) is 3.82. The first kappa shape index (κ1) is 19.0. The number of hydrogen-bond acceptors (Lipinski definition) is 7. The Morgan fingerprint density at radius 1 is 1.00 bits per heavy atom. The Morgan fingerprint density at radius 2 is 1.70 bits per heavy atom. The van der Waals surface area contributed by atoms with Gasteiger partial charge in [-0.15, -0.1) is 0 Å². The highest BCUT2D eigenvalue weighted by molar-refractivity contribution is 7.93. The van der Waals surface area contributed by atoms with E-state index in [4.69, 9.17) is 9.22 Å². The van der Waals surface area contributed by atoms with Gasteiger partial charge in [0.05, 0.1) is 28.7 Å². The molecule has 1 aliphatic rings. The summed E-state index contributed by atoms with van der Waals surface area (Å²) in [6.45, 7) is 0. The Morgan fingerprint density at radius 3 is 2.44 bits per heavy atom. The Hall–Kier alpha value is -2.75. The van der Waals surface area contributed by atoms with Crippen molar-refractivity contribution in [2.45, 2.75) is 11.3 Å². The van der Waals surface area contributed by atoms with Crippen molar-refractivity contribution in [2.24, 2.45) is 13.8 Å². The second-order valence-corrected chi connectivity index (χ2v) is 7.36. The molecule has 0 atom stereocenters. The van der Waals surface area contributed by atoms with Crippen molar-refractivity contribution in [3.63, 3.8) is 0 Å². The SMILES string of the molecule is O=S(=O)(/N=C/C1=NC(/C=N/SOOc2ccccc2)=CC1)c1ccccc1. The maximum Gasteiger partial charge on any atom is 0.282 e. The number of nitrogens with zero attached hydrogens (tertiary/aromatic N) is 3. The summed E-state index contributed by atoms with van der Waals surface area (Å²) in [6, 6.07) is 17.0. The molecule has 0 saturated heterocycles. The minimum Gasteiger partial charge on any atom is -0.324 e. The molecule has 2 aromatic carbocycles. The van der Waals surface area contributed by atoms with Crippen molar-refractivity contribution >= 4 is 40.4 Å². The predicted molar refractivity (Wildman–Crippen MR) is 106 cm³/mol. The lowest BCUT2D eigenvalue weighted by Gasteiger charge is -1.98. The van der Waals surface area contributed by atoms with Crippen molar-refractivity contribution in [3.05, 3.63) is 72.4 Å². The van der Waals surface area contributed by atoms with Crippen LogP contribution in [0.4, 0.5) is 0 Å². The van der Waals surface area contributed by atoms with Crippen LogP contribution in [0.25, 0.3) is 0 Å². The van der Waals surface area contributed by atoms with Gasteiger partial charge in [-0.25, -0.2) is 0 Å². The first-order valence-corrected chi connectivity index (χ1v) is 9.99. The van der Waals surface area contributed by atoms with Gasteiger partial charge in [0.15, 0.2) is 18.0 Å². The fourth-order valence-electron chi connectivity index (χ4n) is 2.04. The van der Waals surface area contributed by atoms with Crippen molar-refractivity contribution in [3.8, 4) is 5.75 Å². The second-order valence-electron chi connectivity index (χ2n) is 5.23. The van der Waals surface area contributed by atoms with Crippen molar-refractivity contribution in [1.82, 2.24) is 0 Å². The zero-order valence-corrected chi connectivity index (χ0v) is 15.6. The maximum absolute atomic E-state index is 12.1. The number of para-hydroxylation sites is 1. The number of benzene rings is 2. The molecule has 0 aromatic heterocycles. The van der Waals surface area contributed by atoms with E-state index in [0.29, 0.717) is 23.6 Å². The van der Waals surface area contributed by atoms with E-state index in [2.05, 4.69) is 13.8 Å². The highest BCUT2D eigenvalue weighted by Gasteiger charge is 2.12. The lowest BCUT2D eigenvalue weighted by atomic mass is 10.3. The summed E-state index contributed by atoms with van der Waals surface area (Å²) in [4.78, 5) is 9.40. The summed E-state index contributed by atoms with van der Waals surface area (Å²) >= 11 is 0.759. The molecule has 0 unspecified atom stereocenters. The van der Waals surface area contributed by atoms with Crippen LogP contribution in [0.3, 0.4) is 0 Å². The van der Waals surface area contributed by atoms with Gasteiger partial charge in [-0.2, -0.15) is 17.2 Å². The molecular formula is C18H15N3O4S2. The van der Waals surface area contributed by atoms with Crippen molar-refractivity contribution in [1.29, 1.82) is 0 Å². The summed E-state index contributed by atoms with van der Waals surface area (Å²) in [7, 11) is -3.72. The summed E-state index contributed by atoms with van der Waals surface area (Å²) in [5, 5.41) is 0. The molecule has 0 bridgehead atoms. The van der Waals surface area contributed by atoms with Gasteiger partial charge < -0.3 is 4.89 Å². The van der Waals surface area contributed by atoms with Crippen LogP contribution in [0.15, 0.2) is 91.1 Å². The second kappa shape index (κ2) is 9.26. The third kappa shape index (κ3) is 5.88. The maximum atomic E-state index is 12.1. The summed E-state index contributed by atoms with van der Waals surface area (Å²) < 4.78 is 36.7. The summed E-state index contributed by atoms with van der Waals surface area (Å²) in [5.41, 5.74) is 1.12. The minimum atomic E-state index is -3.72. The number of hydrogen-bond donors (Lipinski definition) is 0. The van der Waals surface area contributed by atoms with E-state index in [1.54, 1.807) is 36.4 Å². The van der Waals surface area contributed by atoms with E-state index in [9.17, 15) is 8.42 Å². The molecule has 0 spiro atoms. The molecule has 0 radical (unpaired) electrons. The number of rotatable bonds is 8. The van der Waals surface area contributed by atoms with Crippen LogP contribution in [0.2, 0.25) is 0 Å². The molecule has 0 saturated carbocycles. The largest absolute Gasteiger partial charge is 0.324 e. The smallest absolute Gasteiger partial charge is 0.282 e. The molecule has 3 rings (SSSR count). The zero-order chi connectivity index (χ0) is 19.0. The van der Waals surface area contributed by atoms with E-state index in [1.165, 1.54) is 24.6 Å². The zero-order valence-electron chi connectivity index (χ0n) is 14.0. The van der Waals surface area contributed by atoms with Gasteiger partial charge in [-0.1, -0.05) is 46.8 Å². The molecule has 1 aliphatic heterocycles. The highest BCUT2D eigenvalue weighted by Crippen LogP contribution is 2.15. The quantitative estimate of drug-likeness (QED) is 0.167. The van der Waals surface area contributed by atoms with Gasteiger partial charge in [0.25, 0.3) is 10.0 Å². The lowest BCUT2D eigenvalue weighted by Crippen LogP contribution is -2.01. The number of allylic oxidation sites excluding steroid dienone is 2. The average Bonchev–Trinajstić information content (AvgIpc) is 3.16. The standard InChI is InChI=1S/C18H15N3O4S2/c22-27(23,18-9-5-2-6-10-18)20-14-16-12-11-15(21-16)13-19-26-25-24-17-7-3-1-4-8-17/h1-11,13-14H,12H2/b19-13+,20-14+. The lowest BCUT2D eigenvalue weighted by molar-refractivity contribution is -0.0776. The molecule has 0 aliphatic carbocycles. The third-order valence-corrected chi connectivity index (χ3v) is 4.88. The molecule has 2 aromatic rings. The molecule has 0 N–H and O–H groups in total. The van der Waals surface area contributed by atoms with Gasteiger partial charge >= 0.3 is 0 Å². The fraction of sp³-hybridized carbons (Fsp3) is 0.0556. The fourth-order valence-corrected chi connectivity index (χ4v) is 3.21. The minimum absolute atomic E-state index is 0.140. The average molecular weight is 401 g/mol. The van der Waals surface area contributed by atoms with Gasteiger partial charge in [0.1, 0.15) is 0 Å². The third-order valence-electron chi connectivity index (χ3n) is 3.31. The van der Waals surface area contributed by atoms with E-state index < -0.39 is 10.0 Å². The molecule has 0 amide bonds. The van der Waals surface area contributed by atoms with Gasteiger partial charge in [-0.3, -0.25) is 4.99 Å².